The number of anilines is 1. The number of fused-ring (bicyclic) bond motifs is 2. The zero-order valence-electron chi connectivity index (χ0n) is 19.8. The van der Waals surface area contributed by atoms with Crippen molar-refractivity contribution in [1.29, 1.82) is 0 Å². The Hall–Kier alpha value is -3.29. The third kappa shape index (κ3) is 5.21. The monoisotopic (exact) mass is 499 g/mol. The highest BCUT2D eigenvalue weighted by Gasteiger charge is 2.24. The number of carbonyl (C=O) groups excluding carboxylic acids is 1. The second kappa shape index (κ2) is 10.1. The Morgan fingerprint density at radius 1 is 1.00 bits per heavy atom. The molecule has 7 heteroatoms. The van der Waals surface area contributed by atoms with Gasteiger partial charge in [0.2, 0.25) is 11.8 Å². The number of hydrogen-bond donors (Lipinski definition) is 1. The van der Waals surface area contributed by atoms with Gasteiger partial charge in [-0.15, -0.1) is 11.8 Å². The number of nitrogens with zero attached hydrogens (tertiary/aromatic N) is 2. The predicted molar refractivity (Wildman–Crippen MR) is 144 cm³/mol. The molecule has 0 spiro atoms. The maximum atomic E-state index is 12.8. The SMILES string of the molecule is CSc1ccc(-c2nc3c(c(SCC(=O)Nc4ccc(C)c(C)c4)n2)Cc2ccccc2O3)cc1. The number of aromatic nitrogens is 2. The summed E-state index contributed by atoms with van der Waals surface area (Å²) in [6.07, 6.45) is 2.71. The molecular formula is C28H25N3O2S2. The van der Waals surface area contributed by atoms with Gasteiger partial charge in [0.25, 0.3) is 0 Å². The van der Waals surface area contributed by atoms with Crippen molar-refractivity contribution in [1.82, 2.24) is 9.97 Å². The van der Waals surface area contributed by atoms with Gasteiger partial charge in [-0.25, -0.2) is 4.98 Å². The van der Waals surface area contributed by atoms with Gasteiger partial charge >= 0.3 is 0 Å². The molecule has 1 aromatic heterocycles. The van der Waals surface area contributed by atoms with E-state index >= 15 is 0 Å². The third-order valence-electron chi connectivity index (χ3n) is 5.96. The van der Waals surface area contributed by atoms with E-state index in [4.69, 9.17) is 14.7 Å². The molecule has 1 aliphatic rings. The van der Waals surface area contributed by atoms with E-state index in [0.717, 1.165) is 38.7 Å². The molecule has 0 atom stereocenters. The largest absolute Gasteiger partial charge is 0.438 e. The molecule has 1 N–H and O–H groups in total. The normalized spacial score (nSPS) is 11.9. The van der Waals surface area contributed by atoms with E-state index in [-0.39, 0.29) is 11.7 Å². The van der Waals surface area contributed by atoms with Crippen LogP contribution in [-0.2, 0) is 11.2 Å². The smallest absolute Gasteiger partial charge is 0.234 e. The molecule has 176 valence electrons. The number of carbonyl (C=O) groups is 1. The van der Waals surface area contributed by atoms with E-state index in [0.29, 0.717) is 18.1 Å². The van der Waals surface area contributed by atoms with Crippen LogP contribution in [0.2, 0.25) is 0 Å². The molecule has 0 bridgehead atoms. The first-order chi connectivity index (χ1) is 17.0. The molecule has 0 radical (unpaired) electrons. The Labute approximate surface area is 213 Å². The minimum absolute atomic E-state index is 0.0754. The van der Waals surface area contributed by atoms with Crippen molar-refractivity contribution in [2.45, 2.75) is 30.2 Å². The Morgan fingerprint density at radius 2 is 1.80 bits per heavy atom. The van der Waals surface area contributed by atoms with Crippen molar-refractivity contribution < 1.29 is 9.53 Å². The van der Waals surface area contributed by atoms with Crippen LogP contribution in [0.15, 0.2) is 76.7 Å². The van der Waals surface area contributed by atoms with Crippen molar-refractivity contribution in [2.75, 3.05) is 17.3 Å². The van der Waals surface area contributed by atoms with Crippen LogP contribution in [0.25, 0.3) is 11.4 Å². The molecule has 3 aromatic carbocycles. The lowest BCUT2D eigenvalue weighted by Gasteiger charge is -2.21. The molecule has 35 heavy (non-hydrogen) atoms. The maximum Gasteiger partial charge on any atom is 0.234 e. The van der Waals surface area contributed by atoms with Gasteiger partial charge in [-0.2, -0.15) is 4.98 Å². The number of nitrogens with one attached hydrogen (secondary N) is 1. The molecule has 5 rings (SSSR count). The Kier molecular flexibility index (Phi) is 6.79. The van der Waals surface area contributed by atoms with Crippen LogP contribution in [0, 0.1) is 13.8 Å². The molecule has 2 heterocycles. The average molecular weight is 500 g/mol. The summed E-state index contributed by atoms with van der Waals surface area (Å²) in [5.41, 5.74) is 6.06. The van der Waals surface area contributed by atoms with E-state index in [2.05, 4.69) is 24.4 Å². The van der Waals surface area contributed by atoms with Gasteiger partial charge in [0.15, 0.2) is 5.82 Å². The van der Waals surface area contributed by atoms with E-state index in [1.807, 2.05) is 67.8 Å². The lowest BCUT2D eigenvalue weighted by Crippen LogP contribution is -2.15. The summed E-state index contributed by atoms with van der Waals surface area (Å²) in [7, 11) is 0. The van der Waals surface area contributed by atoms with Gasteiger partial charge in [-0.1, -0.05) is 48.2 Å². The Morgan fingerprint density at radius 3 is 2.57 bits per heavy atom. The molecular weight excluding hydrogens is 474 g/mol. The average Bonchev–Trinajstić information content (AvgIpc) is 2.88. The molecule has 0 unspecified atom stereocenters. The number of benzene rings is 3. The molecule has 0 saturated heterocycles. The number of aryl methyl sites for hydroxylation is 2. The van der Waals surface area contributed by atoms with E-state index in [1.54, 1.807) is 11.8 Å². The number of rotatable bonds is 6. The predicted octanol–water partition coefficient (Wildman–Crippen LogP) is 6.91. The van der Waals surface area contributed by atoms with Crippen molar-refractivity contribution in [3.63, 3.8) is 0 Å². The number of para-hydroxylation sites is 1. The fourth-order valence-electron chi connectivity index (χ4n) is 3.86. The highest BCUT2D eigenvalue weighted by atomic mass is 32.2. The molecule has 0 saturated carbocycles. The number of ether oxygens (including phenoxy) is 1. The zero-order valence-corrected chi connectivity index (χ0v) is 21.4. The minimum atomic E-state index is -0.0754. The van der Waals surface area contributed by atoms with Gasteiger partial charge in [0, 0.05) is 22.6 Å². The summed E-state index contributed by atoms with van der Waals surface area (Å²) in [6, 6.07) is 22.1. The topological polar surface area (TPSA) is 64.1 Å². The molecule has 1 amide bonds. The van der Waals surface area contributed by atoms with Crippen LogP contribution in [-0.4, -0.2) is 27.9 Å². The lowest BCUT2D eigenvalue weighted by molar-refractivity contribution is -0.113. The standard InChI is InChI=1S/C28H25N3O2S2/c1-17-8-11-21(14-18(17)2)29-25(32)16-35-28-23-15-20-6-4-5-7-24(20)33-27(23)30-26(31-28)19-9-12-22(34-3)13-10-19/h4-14H,15-16H2,1-3H3,(H,29,32). The number of hydrogen-bond acceptors (Lipinski definition) is 6. The minimum Gasteiger partial charge on any atom is -0.438 e. The first kappa shape index (κ1) is 23.5. The molecule has 1 aliphatic heterocycles. The lowest BCUT2D eigenvalue weighted by atomic mass is 10.0. The van der Waals surface area contributed by atoms with Crippen LogP contribution >= 0.6 is 23.5 Å². The van der Waals surface area contributed by atoms with Gasteiger partial charge in [-0.05, 0) is 67.1 Å². The van der Waals surface area contributed by atoms with Crippen LogP contribution in [0.3, 0.4) is 0 Å². The van der Waals surface area contributed by atoms with Crippen LogP contribution < -0.4 is 10.1 Å². The van der Waals surface area contributed by atoms with Gasteiger partial charge < -0.3 is 10.1 Å². The highest BCUT2D eigenvalue weighted by molar-refractivity contribution is 8.00. The summed E-state index contributed by atoms with van der Waals surface area (Å²) in [4.78, 5) is 23.6. The van der Waals surface area contributed by atoms with E-state index in [9.17, 15) is 4.79 Å². The second-order valence-corrected chi connectivity index (χ2v) is 10.2. The molecule has 5 nitrogen and oxygen atoms in total. The molecule has 0 fully saturated rings. The third-order valence-corrected chi connectivity index (χ3v) is 7.72. The van der Waals surface area contributed by atoms with Gasteiger partial charge in [0.05, 0.1) is 11.3 Å². The Bertz CT molecular complexity index is 1400. The fraction of sp³-hybridized carbons (Fsp3) is 0.179. The number of thioether (sulfide) groups is 2. The van der Waals surface area contributed by atoms with Gasteiger partial charge in [0.1, 0.15) is 10.8 Å². The van der Waals surface area contributed by atoms with Crippen molar-refractivity contribution >= 4 is 35.1 Å². The molecule has 0 aliphatic carbocycles. The first-order valence-corrected chi connectivity index (χ1v) is 13.5. The van der Waals surface area contributed by atoms with Crippen LogP contribution in [0.5, 0.6) is 11.6 Å². The summed E-state index contributed by atoms with van der Waals surface area (Å²) in [5.74, 6) is 2.12. The first-order valence-electron chi connectivity index (χ1n) is 11.3. The number of amides is 1. The van der Waals surface area contributed by atoms with Crippen molar-refractivity contribution in [2.24, 2.45) is 0 Å². The summed E-state index contributed by atoms with van der Waals surface area (Å²) >= 11 is 3.10. The second-order valence-electron chi connectivity index (χ2n) is 8.39. The quantitative estimate of drug-likeness (QED) is 0.202. The fourth-order valence-corrected chi connectivity index (χ4v) is 5.10. The van der Waals surface area contributed by atoms with E-state index in [1.165, 1.54) is 22.2 Å². The Balaban J connectivity index is 1.43. The summed E-state index contributed by atoms with van der Waals surface area (Å²) < 4.78 is 6.18. The van der Waals surface area contributed by atoms with Crippen molar-refractivity contribution in [3.05, 3.63) is 89.0 Å². The zero-order chi connectivity index (χ0) is 24.4. The van der Waals surface area contributed by atoms with E-state index < -0.39 is 0 Å². The summed E-state index contributed by atoms with van der Waals surface area (Å²) in [6.45, 7) is 4.10. The highest BCUT2D eigenvalue weighted by Crippen LogP contribution is 2.40. The summed E-state index contributed by atoms with van der Waals surface area (Å²) in [5, 5.41) is 3.77. The maximum absolute atomic E-state index is 12.8. The van der Waals surface area contributed by atoms with Crippen molar-refractivity contribution in [3.8, 4) is 23.0 Å². The van der Waals surface area contributed by atoms with Crippen LogP contribution in [0.4, 0.5) is 5.69 Å². The van der Waals surface area contributed by atoms with Crippen LogP contribution in [0.1, 0.15) is 22.3 Å². The molecule has 4 aromatic rings. The van der Waals surface area contributed by atoms with Gasteiger partial charge in [-0.3, -0.25) is 4.79 Å².